The fourth-order valence-electron chi connectivity index (χ4n) is 0.902. The van der Waals surface area contributed by atoms with E-state index in [0.29, 0.717) is 0 Å². The van der Waals surface area contributed by atoms with Crippen LogP contribution in [-0.4, -0.2) is 35.2 Å². The van der Waals surface area contributed by atoms with Crippen molar-refractivity contribution in [2.45, 2.75) is 0 Å². The first kappa shape index (κ1) is 12.4. The zero-order chi connectivity index (χ0) is 12.3. The van der Waals surface area contributed by atoms with Gasteiger partial charge in [0.05, 0.1) is 5.56 Å². The number of carboxylic acid groups (broad SMARTS) is 1. The highest BCUT2D eigenvalue weighted by atomic mass is 32.1. The van der Waals surface area contributed by atoms with Crippen LogP contribution in [0.3, 0.4) is 0 Å². The first-order valence-corrected chi connectivity index (χ1v) is 4.74. The van der Waals surface area contributed by atoms with Crippen LogP contribution in [0.25, 0.3) is 0 Å². The number of rotatable bonds is 2. The van der Waals surface area contributed by atoms with Crippen molar-refractivity contribution in [1.82, 2.24) is 4.90 Å². The number of thiocarbonyl (C=S) groups is 1. The Hall–Kier alpha value is -1.69. The zero-order valence-electron chi connectivity index (χ0n) is 8.73. The van der Waals surface area contributed by atoms with Crippen molar-refractivity contribution in [3.63, 3.8) is 0 Å². The molecule has 1 aromatic rings. The summed E-state index contributed by atoms with van der Waals surface area (Å²) in [4.78, 5) is 12.1. The average Bonchev–Trinajstić information content (AvgIpc) is 2.20. The van der Waals surface area contributed by atoms with Gasteiger partial charge in [0.1, 0.15) is 0 Å². The number of hydrogen-bond acceptors (Lipinski definition) is 3. The van der Waals surface area contributed by atoms with Crippen molar-refractivity contribution >= 4 is 23.4 Å². The van der Waals surface area contributed by atoms with Crippen LogP contribution in [0.2, 0.25) is 0 Å². The quantitative estimate of drug-likeness (QED) is 0.802. The molecule has 0 aliphatic rings. The Morgan fingerprint density at radius 3 is 2.56 bits per heavy atom. The third kappa shape index (κ3) is 2.90. The van der Waals surface area contributed by atoms with Gasteiger partial charge in [0.2, 0.25) is 0 Å². The second-order valence-corrected chi connectivity index (χ2v) is 3.56. The number of carbonyl (C=O) groups is 1. The van der Waals surface area contributed by atoms with Crippen LogP contribution < -0.4 is 4.74 Å². The molecule has 0 saturated carbocycles. The average molecular weight is 243 g/mol. The predicted octanol–water partition coefficient (Wildman–Crippen LogP) is 1.75. The summed E-state index contributed by atoms with van der Waals surface area (Å²) < 4.78 is 18.4. The van der Waals surface area contributed by atoms with E-state index in [1.54, 1.807) is 14.1 Å². The molecule has 1 N–H and O–H groups in total. The van der Waals surface area contributed by atoms with Crippen LogP contribution in [0.4, 0.5) is 4.39 Å². The summed E-state index contributed by atoms with van der Waals surface area (Å²) in [7, 11) is 3.32. The molecule has 0 aromatic heterocycles. The van der Waals surface area contributed by atoms with Crippen molar-refractivity contribution in [2.24, 2.45) is 0 Å². The first-order valence-electron chi connectivity index (χ1n) is 4.34. The fourth-order valence-corrected chi connectivity index (χ4v) is 0.992. The van der Waals surface area contributed by atoms with Gasteiger partial charge >= 0.3 is 5.97 Å². The molecule has 0 fully saturated rings. The van der Waals surface area contributed by atoms with Crippen molar-refractivity contribution in [3.05, 3.63) is 29.6 Å². The summed E-state index contributed by atoms with van der Waals surface area (Å²) in [5.74, 6) is -2.05. The van der Waals surface area contributed by atoms with Gasteiger partial charge in [0.25, 0.3) is 5.17 Å². The number of aromatic carboxylic acids is 1. The van der Waals surface area contributed by atoms with E-state index in [-0.39, 0.29) is 16.5 Å². The van der Waals surface area contributed by atoms with Gasteiger partial charge in [-0.3, -0.25) is 0 Å². The van der Waals surface area contributed by atoms with E-state index in [1.165, 1.54) is 17.0 Å². The summed E-state index contributed by atoms with van der Waals surface area (Å²) in [5, 5.41) is 8.73. The maximum atomic E-state index is 13.4. The van der Waals surface area contributed by atoms with E-state index in [9.17, 15) is 9.18 Å². The molecule has 1 aromatic carbocycles. The van der Waals surface area contributed by atoms with Gasteiger partial charge in [-0.1, -0.05) is 0 Å². The van der Waals surface area contributed by atoms with E-state index in [1.807, 2.05) is 0 Å². The molecule has 6 heteroatoms. The molecule has 0 bridgehead atoms. The van der Waals surface area contributed by atoms with Gasteiger partial charge < -0.3 is 14.7 Å². The van der Waals surface area contributed by atoms with E-state index in [4.69, 9.17) is 22.1 Å². The highest BCUT2D eigenvalue weighted by molar-refractivity contribution is 7.80. The number of halogens is 1. The van der Waals surface area contributed by atoms with Gasteiger partial charge in [0, 0.05) is 14.1 Å². The standard InChI is InChI=1S/C10H10FNO3S/c1-12(2)10(16)15-8-4-3-6(9(13)14)5-7(8)11/h3-5H,1-2H3,(H,13,14). The lowest BCUT2D eigenvalue weighted by Gasteiger charge is -2.14. The normalized spacial score (nSPS) is 9.69. The summed E-state index contributed by atoms with van der Waals surface area (Å²) in [6.45, 7) is 0. The van der Waals surface area contributed by atoms with Crippen LogP contribution in [0.15, 0.2) is 18.2 Å². The molecule has 0 atom stereocenters. The van der Waals surface area contributed by atoms with Crippen LogP contribution in [0.1, 0.15) is 10.4 Å². The fraction of sp³-hybridized carbons (Fsp3) is 0.200. The Morgan fingerprint density at radius 1 is 1.50 bits per heavy atom. The number of carboxylic acids is 1. The molecule has 0 radical (unpaired) electrons. The molecule has 0 aliphatic carbocycles. The van der Waals surface area contributed by atoms with Crippen molar-refractivity contribution in [3.8, 4) is 5.75 Å². The van der Waals surface area contributed by atoms with Gasteiger partial charge in [-0.2, -0.15) is 0 Å². The van der Waals surface area contributed by atoms with Crippen LogP contribution in [0.5, 0.6) is 5.75 Å². The number of hydrogen-bond donors (Lipinski definition) is 1. The molecule has 1 rings (SSSR count). The summed E-state index contributed by atoms with van der Waals surface area (Å²) >= 11 is 4.82. The van der Waals surface area contributed by atoms with E-state index >= 15 is 0 Å². The topological polar surface area (TPSA) is 49.8 Å². The lowest BCUT2D eigenvalue weighted by molar-refractivity contribution is 0.0696. The SMILES string of the molecule is CN(C)C(=S)Oc1ccc(C(=O)O)cc1F. The van der Waals surface area contributed by atoms with E-state index in [0.717, 1.165) is 6.07 Å². The van der Waals surface area contributed by atoms with Crippen LogP contribution in [-0.2, 0) is 0 Å². The second kappa shape index (κ2) is 4.89. The van der Waals surface area contributed by atoms with Gasteiger partial charge in [-0.05, 0) is 30.4 Å². The second-order valence-electron chi connectivity index (χ2n) is 3.21. The van der Waals surface area contributed by atoms with E-state index < -0.39 is 11.8 Å². The van der Waals surface area contributed by atoms with Crippen LogP contribution >= 0.6 is 12.2 Å². The summed E-state index contributed by atoms with van der Waals surface area (Å²) in [6.07, 6.45) is 0. The Balaban J connectivity index is 2.91. The highest BCUT2D eigenvalue weighted by Gasteiger charge is 2.11. The van der Waals surface area contributed by atoms with E-state index in [2.05, 4.69) is 0 Å². The summed E-state index contributed by atoms with van der Waals surface area (Å²) in [5.41, 5.74) is -0.138. The van der Waals surface area contributed by atoms with Gasteiger partial charge in [0.15, 0.2) is 11.6 Å². The number of benzene rings is 1. The molecule has 0 amide bonds. The lowest BCUT2D eigenvalue weighted by Crippen LogP contribution is -2.25. The third-order valence-electron chi connectivity index (χ3n) is 1.74. The Morgan fingerprint density at radius 2 is 2.12 bits per heavy atom. The molecule has 0 heterocycles. The smallest absolute Gasteiger partial charge is 0.335 e. The van der Waals surface area contributed by atoms with Crippen molar-refractivity contribution < 1.29 is 19.0 Å². The minimum atomic E-state index is -1.19. The third-order valence-corrected chi connectivity index (χ3v) is 2.19. The maximum Gasteiger partial charge on any atom is 0.335 e. The zero-order valence-corrected chi connectivity index (χ0v) is 9.55. The maximum absolute atomic E-state index is 13.4. The van der Waals surface area contributed by atoms with Gasteiger partial charge in [-0.15, -0.1) is 0 Å². The first-order chi connectivity index (χ1) is 7.41. The molecule has 0 spiro atoms. The molecule has 0 unspecified atom stereocenters. The predicted molar refractivity (Wildman–Crippen MR) is 60.3 cm³/mol. The molecule has 4 nitrogen and oxygen atoms in total. The Bertz CT molecular complexity index is 434. The number of ether oxygens (including phenoxy) is 1. The minimum absolute atomic E-state index is 0.0938. The minimum Gasteiger partial charge on any atom is -0.478 e. The van der Waals surface area contributed by atoms with Crippen LogP contribution in [0, 0.1) is 5.82 Å². The molecule has 16 heavy (non-hydrogen) atoms. The van der Waals surface area contributed by atoms with Crippen molar-refractivity contribution in [1.29, 1.82) is 0 Å². The Labute approximate surface area is 97.2 Å². The lowest BCUT2D eigenvalue weighted by atomic mass is 10.2. The Kier molecular flexibility index (Phi) is 3.78. The van der Waals surface area contributed by atoms with Gasteiger partial charge in [-0.25, -0.2) is 9.18 Å². The van der Waals surface area contributed by atoms with Crippen molar-refractivity contribution in [2.75, 3.05) is 14.1 Å². The molecule has 86 valence electrons. The number of nitrogens with zero attached hydrogens (tertiary/aromatic N) is 1. The monoisotopic (exact) mass is 243 g/mol. The molecule has 0 aliphatic heterocycles. The summed E-state index contributed by atoms with van der Waals surface area (Å²) in [6, 6.07) is 3.36. The molecule has 0 saturated heterocycles. The molecular weight excluding hydrogens is 233 g/mol. The largest absolute Gasteiger partial charge is 0.478 e. The highest BCUT2D eigenvalue weighted by Crippen LogP contribution is 2.19. The molecular formula is C10H10FNO3S.